The number of nitrogens with zero attached hydrogens (tertiary/aromatic N) is 1. The van der Waals surface area contributed by atoms with E-state index in [4.69, 9.17) is 27.9 Å². The smallest absolute Gasteiger partial charge is 0.232 e. The number of anilines is 1. The number of benzene rings is 3. The lowest BCUT2D eigenvalue weighted by molar-refractivity contribution is -0.120. The van der Waals surface area contributed by atoms with Crippen LogP contribution in [0.25, 0.3) is 0 Å². The zero-order valence-corrected chi connectivity index (χ0v) is 20.9. The molecule has 0 saturated carbocycles. The van der Waals surface area contributed by atoms with E-state index in [0.29, 0.717) is 35.1 Å². The molecule has 1 aliphatic carbocycles. The quantitative estimate of drug-likeness (QED) is 0.365. The van der Waals surface area contributed by atoms with Gasteiger partial charge in [0.2, 0.25) is 5.91 Å². The zero-order chi connectivity index (χ0) is 24.5. The van der Waals surface area contributed by atoms with Crippen molar-refractivity contribution in [2.45, 2.75) is 38.0 Å². The summed E-state index contributed by atoms with van der Waals surface area (Å²) in [5, 5.41) is 0.986. The second-order valence-corrected chi connectivity index (χ2v) is 9.72. The zero-order valence-electron chi connectivity index (χ0n) is 19.3. The first-order valence-corrected chi connectivity index (χ1v) is 12.5. The molecule has 0 aromatic heterocycles. The molecule has 0 saturated heterocycles. The lowest BCUT2D eigenvalue weighted by atomic mass is 9.72. The number of allylic oxidation sites excluding steroid dienone is 2. The molecule has 3 aromatic carbocycles. The molecule has 0 fully saturated rings. The highest BCUT2D eigenvalue weighted by Crippen LogP contribution is 2.48. The Morgan fingerprint density at radius 2 is 1.66 bits per heavy atom. The van der Waals surface area contributed by atoms with Crippen molar-refractivity contribution in [1.82, 2.24) is 0 Å². The number of carbonyl (C=O) groups is 2. The van der Waals surface area contributed by atoms with Crippen molar-refractivity contribution in [3.05, 3.63) is 105 Å². The van der Waals surface area contributed by atoms with Crippen molar-refractivity contribution in [2.75, 3.05) is 11.5 Å². The number of hydrogen-bond acceptors (Lipinski definition) is 3. The maximum atomic E-state index is 13.7. The molecule has 2 atom stereocenters. The highest BCUT2D eigenvalue weighted by molar-refractivity contribution is 6.35. The van der Waals surface area contributed by atoms with Crippen LogP contribution in [-0.4, -0.2) is 18.3 Å². The standard InChI is InChI=1S/C29H25Cl2NO3/c1-2-35-22-11-9-21(10-12-22)32-26-14-19(18-6-4-3-5-7-18)15-27(33)29(26)24(17-28(32)34)23-13-8-20(30)16-25(23)31/h3-13,16,19,24H,2,14-15,17H2,1H3. The first kappa shape index (κ1) is 23.7. The third kappa shape index (κ3) is 4.61. The van der Waals surface area contributed by atoms with Crippen LogP contribution in [0.3, 0.4) is 0 Å². The summed E-state index contributed by atoms with van der Waals surface area (Å²) in [6.07, 6.45) is 1.15. The molecular weight excluding hydrogens is 481 g/mol. The van der Waals surface area contributed by atoms with Crippen LogP contribution in [0.1, 0.15) is 49.1 Å². The molecule has 1 amide bonds. The highest BCUT2D eigenvalue weighted by Gasteiger charge is 2.43. The average Bonchev–Trinajstić information content (AvgIpc) is 2.85. The van der Waals surface area contributed by atoms with Gasteiger partial charge in [-0.15, -0.1) is 0 Å². The summed E-state index contributed by atoms with van der Waals surface area (Å²) < 4.78 is 5.58. The molecule has 1 heterocycles. The van der Waals surface area contributed by atoms with E-state index in [1.54, 1.807) is 17.0 Å². The van der Waals surface area contributed by atoms with Gasteiger partial charge >= 0.3 is 0 Å². The molecule has 0 spiro atoms. The van der Waals surface area contributed by atoms with Crippen molar-refractivity contribution >= 4 is 40.6 Å². The summed E-state index contributed by atoms with van der Waals surface area (Å²) in [4.78, 5) is 29.1. The largest absolute Gasteiger partial charge is 0.494 e. The Balaban J connectivity index is 1.63. The van der Waals surface area contributed by atoms with Crippen LogP contribution in [0.15, 0.2) is 84.1 Å². The molecule has 1 aliphatic heterocycles. The Labute approximate surface area is 215 Å². The van der Waals surface area contributed by atoms with Crippen molar-refractivity contribution in [1.29, 1.82) is 0 Å². The van der Waals surface area contributed by atoms with E-state index in [1.165, 1.54) is 0 Å². The Bertz CT molecular complexity index is 1300. The molecule has 0 bridgehead atoms. The molecule has 178 valence electrons. The van der Waals surface area contributed by atoms with Crippen molar-refractivity contribution in [3.8, 4) is 5.75 Å². The Morgan fingerprint density at radius 3 is 2.34 bits per heavy atom. The molecule has 6 heteroatoms. The van der Waals surface area contributed by atoms with Gasteiger partial charge in [-0.25, -0.2) is 0 Å². The lowest BCUT2D eigenvalue weighted by Crippen LogP contribution is -2.41. The van der Waals surface area contributed by atoms with Gasteiger partial charge in [-0.3, -0.25) is 14.5 Å². The summed E-state index contributed by atoms with van der Waals surface area (Å²) in [5.74, 6) is 0.331. The molecular formula is C29H25Cl2NO3. The van der Waals surface area contributed by atoms with E-state index in [9.17, 15) is 9.59 Å². The lowest BCUT2D eigenvalue weighted by Gasteiger charge is -2.40. The minimum atomic E-state index is -0.398. The number of carbonyl (C=O) groups excluding carboxylic acids is 2. The Kier molecular flexibility index (Phi) is 6.68. The first-order chi connectivity index (χ1) is 17.0. The first-order valence-electron chi connectivity index (χ1n) is 11.8. The predicted molar refractivity (Wildman–Crippen MR) is 139 cm³/mol. The summed E-state index contributed by atoms with van der Waals surface area (Å²) in [5.41, 5.74) is 4.02. The predicted octanol–water partition coefficient (Wildman–Crippen LogP) is 7.31. The van der Waals surface area contributed by atoms with E-state index in [0.717, 1.165) is 28.3 Å². The van der Waals surface area contributed by atoms with Crippen LogP contribution in [0.5, 0.6) is 5.75 Å². The second-order valence-electron chi connectivity index (χ2n) is 8.88. The minimum absolute atomic E-state index is 0.000104. The van der Waals surface area contributed by atoms with E-state index < -0.39 is 5.92 Å². The van der Waals surface area contributed by atoms with Crippen LogP contribution < -0.4 is 9.64 Å². The van der Waals surface area contributed by atoms with Crippen molar-refractivity contribution in [2.24, 2.45) is 0 Å². The molecule has 3 aromatic rings. The van der Waals surface area contributed by atoms with Gasteiger partial charge in [-0.05, 0) is 66.8 Å². The van der Waals surface area contributed by atoms with Crippen LogP contribution in [0.4, 0.5) is 5.69 Å². The van der Waals surface area contributed by atoms with Gasteiger partial charge in [-0.2, -0.15) is 0 Å². The van der Waals surface area contributed by atoms with Gasteiger partial charge in [0.25, 0.3) is 0 Å². The number of rotatable bonds is 5. The van der Waals surface area contributed by atoms with Crippen LogP contribution in [0.2, 0.25) is 10.0 Å². The van der Waals surface area contributed by atoms with E-state index in [-0.39, 0.29) is 24.0 Å². The van der Waals surface area contributed by atoms with Crippen LogP contribution in [0, 0.1) is 0 Å². The van der Waals surface area contributed by atoms with Gasteiger partial charge < -0.3 is 4.74 Å². The molecule has 4 nitrogen and oxygen atoms in total. The number of amides is 1. The third-order valence-corrected chi connectivity index (χ3v) is 7.31. The number of ether oxygens (including phenoxy) is 1. The fourth-order valence-corrected chi connectivity index (χ4v) is 5.74. The van der Waals surface area contributed by atoms with Crippen LogP contribution >= 0.6 is 23.2 Å². The number of Topliss-reactive ketones (excluding diaryl/α,β-unsaturated/α-hetero) is 1. The fourth-order valence-electron chi connectivity index (χ4n) is 5.20. The summed E-state index contributed by atoms with van der Waals surface area (Å²) in [6.45, 7) is 2.49. The maximum Gasteiger partial charge on any atom is 0.232 e. The summed E-state index contributed by atoms with van der Waals surface area (Å²) >= 11 is 12.7. The molecule has 5 rings (SSSR count). The molecule has 0 N–H and O–H groups in total. The number of ketones is 1. The maximum absolute atomic E-state index is 13.7. The van der Waals surface area contributed by atoms with Gasteiger partial charge in [0.15, 0.2) is 5.78 Å². The van der Waals surface area contributed by atoms with Crippen LogP contribution in [-0.2, 0) is 9.59 Å². The van der Waals surface area contributed by atoms with Gasteiger partial charge in [0.05, 0.1) is 6.61 Å². The SMILES string of the molecule is CCOc1ccc(N2C(=O)CC(c3ccc(Cl)cc3Cl)C3=C2CC(c2ccccc2)CC3=O)cc1. The van der Waals surface area contributed by atoms with Gasteiger partial charge in [0.1, 0.15) is 5.75 Å². The van der Waals surface area contributed by atoms with E-state index >= 15 is 0 Å². The second kappa shape index (κ2) is 9.88. The number of halogens is 2. The topological polar surface area (TPSA) is 46.6 Å². The van der Waals surface area contributed by atoms with E-state index in [1.807, 2.05) is 67.6 Å². The molecule has 2 aliphatic rings. The molecule has 0 radical (unpaired) electrons. The molecule has 35 heavy (non-hydrogen) atoms. The number of hydrogen-bond donors (Lipinski definition) is 0. The third-order valence-electron chi connectivity index (χ3n) is 6.74. The highest BCUT2D eigenvalue weighted by atomic mass is 35.5. The Hall–Kier alpha value is -3.08. The summed E-state index contributed by atoms with van der Waals surface area (Å²) in [6, 6.07) is 22.7. The minimum Gasteiger partial charge on any atom is -0.494 e. The van der Waals surface area contributed by atoms with Gasteiger partial charge in [-0.1, -0.05) is 59.6 Å². The monoisotopic (exact) mass is 505 g/mol. The summed E-state index contributed by atoms with van der Waals surface area (Å²) in [7, 11) is 0. The van der Waals surface area contributed by atoms with Crippen molar-refractivity contribution in [3.63, 3.8) is 0 Å². The fraction of sp³-hybridized carbons (Fsp3) is 0.241. The van der Waals surface area contributed by atoms with Gasteiger partial charge in [0, 0.05) is 45.8 Å². The average molecular weight is 506 g/mol. The van der Waals surface area contributed by atoms with E-state index in [2.05, 4.69) is 0 Å². The normalized spacial score (nSPS) is 20.1. The molecule has 2 unspecified atom stereocenters. The van der Waals surface area contributed by atoms with Crippen molar-refractivity contribution < 1.29 is 14.3 Å². The Morgan fingerprint density at radius 1 is 0.914 bits per heavy atom.